The lowest BCUT2D eigenvalue weighted by Gasteiger charge is -2.32. The van der Waals surface area contributed by atoms with Gasteiger partial charge in [0.15, 0.2) is 0 Å². The van der Waals surface area contributed by atoms with Gasteiger partial charge in [0.1, 0.15) is 11.7 Å². The number of rotatable bonds is 11. The number of nitrogens with zero attached hydrogens (tertiary/aromatic N) is 1. The molecule has 1 saturated carbocycles. The number of benzene rings is 3. The molecule has 1 aliphatic carbocycles. The molecule has 3 amide bonds. The maximum atomic E-state index is 13.5. The number of para-hydroxylation sites is 1. The van der Waals surface area contributed by atoms with Crippen LogP contribution in [0.4, 0.5) is 0 Å². The van der Waals surface area contributed by atoms with Crippen molar-refractivity contribution in [3.63, 3.8) is 0 Å². The van der Waals surface area contributed by atoms with Crippen LogP contribution in [0.15, 0.2) is 71.6 Å². The van der Waals surface area contributed by atoms with Gasteiger partial charge in [-0.2, -0.15) is 0 Å². The van der Waals surface area contributed by atoms with Crippen molar-refractivity contribution < 1.29 is 27.5 Å². The molecule has 1 aliphatic rings. The Morgan fingerprint density at radius 1 is 0.905 bits per heavy atom. The first kappa shape index (κ1) is 31.0. The van der Waals surface area contributed by atoms with E-state index >= 15 is 0 Å². The maximum absolute atomic E-state index is 13.5. The minimum atomic E-state index is -4.19. The highest BCUT2D eigenvalue weighted by molar-refractivity contribution is 7.90. The van der Waals surface area contributed by atoms with Crippen molar-refractivity contribution in [2.45, 2.75) is 56.9 Å². The zero-order chi connectivity index (χ0) is 30.3. The van der Waals surface area contributed by atoms with Crippen molar-refractivity contribution in [3.05, 3.63) is 72.3 Å². The summed E-state index contributed by atoms with van der Waals surface area (Å²) in [5.41, 5.74) is 0.469. The topological polar surface area (TPSA) is 122 Å². The van der Waals surface area contributed by atoms with E-state index in [4.69, 9.17) is 4.74 Å². The number of carbonyl (C=O) groups is 3. The van der Waals surface area contributed by atoms with Gasteiger partial charge in [-0.25, -0.2) is 13.1 Å². The third-order valence-electron chi connectivity index (χ3n) is 8.06. The number of fused-ring (bicyclic) bond motifs is 1. The van der Waals surface area contributed by atoms with Crippen molar-refractivity contribution in [1.82, 2.24) is 14.9 Å². The van der Waals surface area contributed by atoms with Gasteiger partial charge >= 0.3 is 0 Å². The van der Waals surface area contributed by atoms with E-state index in [2.05, 4.69) is 10.0 Å². The maximum Gasteiger partial charge on any atom is 0.264 e. The second-order valence-corrected chi connectivity index (χ2v) is 12.4. The molecule has 0 aliphatic heterocycles. The summed E-state index contributed by atoms with van der Waals surface area (Å²) in [6, 6.07) is 19.0. The SMILES string of the molecule is CCN(CC)C(=O)C(C[C@H]1CC[C@H](NC(=O)c2ccccc2OC)CC1)C(=O)NS(=O)(=O)c1ccc2ccccc2c1. The Hall–Kier alpha value is -3.92. The molecule has 0 aromatic heterocycles. The number of sulfonamides is 1. The van der Waals surface area contributed by atoms with Gasteiger partial charge in [-0.05, 0) is 86.9 Å². The molecular weight excluding hydrogens is 554 g/mol. The first-order chi connectivity index (χ1) is 20.2. The molecule has 224 valence electrons. The van der Waals surface area contributed by atoms with Crippen LogP contribution in [0.3, 0.4) is 0 Å². The van der Waals surface area contributed by atoms with Gasteiger partial charge in [-0.3, -0.25) is 14.4 Å². The van der Waals surface area contributed by atoms with Crippen molar-refractivity contribution >= 4 is 38.5 Å². The third kappa shape index (κ3) is 7.28. The van der Waals surface area contributed by atoms with Crippen molar-refractivity contribution in [2.24, 2.45) is 11.8 Å². The Morgan fingerprint density at radius 2 is 1.55 bits per heavy atom. The molecule has 42 heavy (non-hydrogen) atoms. The summed E-state index contributed by atoms with van der Waals surface area (Å²) in [6.07, 6.45) is 3.01. The van der Waals surface area contributed by atoms with Crippen LogP contribution in [0.2, 0.25) is 0 Å². The number of amides is 3. The zero-order valence-corrected chi connectivity index (χ0v) is 25.2. The fourth-order valence-electron chi connectivity index (χ4n) is 5.64. The number of hydrogen-bond acceptors (Lipinski definition) is 6. The van der Waals surface area contributed by atoms with E-state index in [0.717, 1.165) is 10.8 Å². The van der Waals surface area contributed by atoms with E-state index in [1.165, 1.54) is 19.2 Å². The molecule has 0 saturated heterocycles. The Balaban J connectivity index is 1.43. The largest absolute Gasteiger partial charge is 0.496 e. The molecule has 1 unspecified atom stereocenters. The lowest BCUT2D eigenvalue weighted by molar-refractivity contribution is -0.142. The minimum Gasteiger partial charge on any atom is -0.496 e. The number of nitrogens with one attached hydrogen (secondary N) is 2. The molecule has 3 aromatic carbocycles. The molecule has 3 aromatic rings. The van der Waals surface area contributed by atoms with Gasteiger partial charge in [0, 0.05) is 19.1 Å². The number of methoxy groups -OCH3 is 1. The first-order valence-corrected chi connectivity index (χ1v) is 15.9. The molecule has 1 fully saturated rings. The van der Waals surface area contributed by atoms with Gasteiger partial charge in [0.2, 0.25) is 11.8 Å². The molecule has 2 N–H and O–H groups in total. The molecule has 1 atom stereocenters. The monoisotopic (exact) mass is 593 g/mol. The lowest BCUT2D eigenvalue weighted by atomic mass is 9.80. The predicted molar refractivity (Wildman–Crippen MR) is 162 cm³/mol. The van der Waals surface area contributed by atoms with Gasteiger partial charge in [0.25, 0.3) is 15.9 Å². The van der Waals surface area contributed by atoms with Crippen LogP contribution in [0.1, 0.15) is 56.3 Å². The molecule has 0 bridgehead atoms. The van der Waals surface area contributed by atoms with Gasteiger partial charge < -0.3 is 15.0 Å². The van der Waals surface area contributed by atoms with Crippen LogP contribution in [0, 0.1) is 11.8 Å². The summed E-state index contributed by atoms with van der Waals surface area (Å²) in [6.45, 7) is 4.49. The average molecular weight is 594 g/mol. The van der Waals surface area contributed by atoms with Crippen LogP contribution in [0.5, 0.6) is 5.75 Å². The van der Waals surface area contributed by atoms with Crippen molar-refractivity contribution in [2.75, 3.05) is 20.2 Å². The summed E-state index contributed by atoms with van der Waals surface area (Å²) in [7, 11) is -2.67. The summed E-state index contributed by atoms with van der Waals surface area (Å²) in [4.78, 5) is 41.3. The third-order valence-corrected chi connectivity index (χ3v) is 9.40. The summed E-state index contributed by atoms with van der Waals surface area (Å²) < 4.78 is 33.9. The quantitative estimate of drug-likeness (QED) is 0.316. The minimum absolute atomic E-state index is 0.0306. The molecule has 4 rings (SSSR count). The van der Waals surface area contributed by atoms with E-state index in [-0.39, 0.29) is 35.1 Å². The van der Waals surface area contributed by atoms with Gasteiger partial charge in [-0.1, -0.05) is 42.5 Å². The molecule has 0 spiro atoms. The molecule has 9 nitrogen and oxygen atoms in total. The number of hydrogen-bond donors (Lipinski definition) is 2. The highest BCUT2D eigenvalue weighted by Crippen LogP contribution is 2.31. The summed E-state index contributed by atoms with van der Waals surface area (Å²) >= 11 is 0. The highest BCUT2D eigenvalue weighted by Gasteiger charge is 2.36. The van der Waals surface area contributed by atoms with E-state index in [1.807, 2.05) is 32.0 Å². The van der Waals surface area contributed by atoms with E-state index in [9.17, 15) is 22.8 Å². The Bertz CT molecular complexity index is 1530. The van der Waals surface area contributed by atoms with Crippen molar-refractivity contribution in [1.29, 1.82) is 0 Å². The Kier molecular flexibility index (Phi) is 10.2. The predicted octanol–water partition coefficient (Wildman–Crippen LogP) is 4.52. The molecular formula is C32H39N3O6S. The molecule has 10 heteroatoms. The van der Waals surface area contributed by atoms with E-state index in [1.54, 1.807) is 41.3 Å². The van der Waals surface area contributed by atoms with Crippen molar-refractivity contribution in [3.8, 4) is 5.75 Å². The molecule has 0 radical (unpaired) electrons. The smallest absolute Gasteiger partial charge is 0.264 e. The van der Waals surface area contributed by atoms with Gasteiger partial charge in [-0.15, -0.1) is 0 Å². The van der Waals surface area contributed by atoms with Crippen LogP contribution in [-0.4, -0.2) is 57.3 Å². The fraction of sp³-hybridized carbons (Fsp3) is 0.406. The Morgan fingerprint density at radius 3 is 2.21 bits per heavy atom. The molecule has 0 heterocycles. The second kappa shape index (κ2) is 13.8. The van der Waals surface area contributed by atoms with Crippen LogP contribution >= 0.6 is 0 Å². The number of carbonyl (C=O) groups excluding carboxylic acids is 3. The van der Waals surface area contributed by atoms with E-state index < -0.39 is 21.8 Å². The lowest BCUT2D eigenvalue weighted by Crippen LogP contribution is -2.46. The normalized spacial score (nSPS) is 17.7. The average Bonchev–Trinajstić information content (AvgIpc) is 3.00. The zero-order valence-electron chi connectivity index (χ0n) is 24.3. The van der Waals surface area contributed by atoms with Gasteiger partial charge in [0.05, 0.1) is 17.6 Å². The fourth-order valence-corrected chi connectivity index (χ4v) is 6.70. The van der Waals surface area contributed by atoms with Crippen LogP contribution in [0.25, 0.3) is 10.8 Å². The Labute approximate surface area is 247 Å². The van der Waals surface area contributed by atoms with Crippen LogP contribution in [-0.2, 0) is 19.6 Å². The van der Waals surface area contributed by atoms with E-state index in [0.29, 0.717) is 50.1 Å². The first-order valence-electron chi connectivity index (χ1n) is 14.4. The summed E-state index contributed by atoms with van der Waals surface area (Å²) in [5.74, 6) is -1.99. The summed E-state index contributed by atoms with van der Waals surface area (Å²) in [5, 5.41) is 4.69. The highest BCUT2D eigenvalue weighted by atomic mass is 32.2. The number of ether oxygens (including phenoxy) is 1. The van der Waals surface area contributed by atoms with Crippen LogP contribution < -0.4 is 14.8 Å². The second-order valence-electron chi connectivity index (χ2n) is 10.7. The standard InChI is InChI=1S/C32H39N3O6S/c1-4-35(5-2)32(38)28(31(37)34-42(39,40)26-19-16-23-10-6-7-11-24(23)21-26)20-22-14-17-25(18-15-22)33-30(36)27-12-8-9-13-29(27)41-3/h6-13,16,19,21-22,25,28H,4-5,14-15,17-18,20H2,1-3H3,(H,33,36)(H,34,37)/t22-,25-,28?.